The lowest BCUT2D eigenvalue weighted by molar-refractivity contribution is -0.142. The summed E-state index contributed by atoms with van der Waals surface area (Å²) in [6.45, 7) is 6.49. The number of carbonyl (C=O) groups excluding carboxylic acids is 1. The topological polar surface area (TPSA) is 26.3 Å². The third kappa shape index (κ3) is 4.26. The molecule has 0 saturated carbocycles. The Balaban J connectivity index is 2.65. The minimum absolute atomic E-state index is 0.225. The molecule has 1 rings (SSSR count). The second-order valence-electron chi connectivity index (χ2n) is 4.82. The molecule has 0 saturated heterocycles. The van der Waals surface area contributed by atoms with Crippen molar-refractivity contribution in [3.8, 4) is 0 Å². The van der Waals surface area contributed by atoms with Crippen molar-refractivity contribution in [3.05, 3.63) is 35.9 Å². The van der Waals surface area contributed by atoms with Gasteiger partial charge in [-0.1, -0.05) is 37.3 Å². The van der Waals surface area contributed by atoms with Gasteiger partial charge in [0.05, 0.1) is 0 Å². The third-order valence-corrected chi connectivity index (χ3v) is 3.26. The summed E-state index contributed by atoms with van der Waals surface area (Å²) in [6.07, 6.45) is 3.12. The van der Waals surface area contributed by atoms with Gasteiger partial charge < -0.3 is 4.74 Å². The van der Waals surface area contributed by atoms with E-state index in [4.69, 9.17) is 4.74 Å². The molecule has 0 fully saturated rings. The van der Waals surface area contributed by atoms with Gasteiger partial charge in [-0.25, -0.2) is 0 Å². The lowest BCUT2D eigenvalue weighted by Gasteiger charge is -2.28. The van der Waals surface area contributed by atoms with Crippen molar-refractivity contribution in [2.24, 2.45) is 0 Å². The van der Waals surface area contributed by atoms with Gasteiger partial charge in [-0.3, -0.25) is 4.79 Å². The molecule has 1 atom stereocenters. The Bertz CT molecular complexity index is 359. The largest absolute Gasteiger partial charge is 0.368 e. The fraction of sp³-hybridized carbons (Fsp3) is 0.562. The molecule has 2 heteroatoms. The van der Waals surface area contributed by atoms with Crippen LogP contribution >= 0.6 is 0 Å². The number of hydrogen-bond acceptors (Lipinski definition) is 2. The predicted octanol–water partition coefficient (Wildman–Crippen LogP) is 3.78. The summed E-state index contributed by atoms with van der Waals surface area (Å²) in [5.74, 6) is 0.225. The molecular weight excluding hydrogens is 224 g/mol. The van der Waals surface area contributed by atoms with Gasteiger partial charge in [0.1, 0.15) is 5.60 Å². The third-order valence-electron chi connectivity index (χ3n) is 3.26. The van der Waals surface area contributed by atoms with E-state index in [-0.39, 0.29) is 5.78 Å². The lowest BCUT2D eigenvalue weighted by atomic mass is 9.90. The first-order valence-electron chi connectivity index (χ1n) is 6.83. The van der Waals surface area contributed by atoms with E-state index in [1.54, 1.807) is 0 Å². The van der Waals surface area contributed by atoms with E-state index in [2.05, 4.69) is 12.1 Å². The summed E-state index contributed by atoms with van der Waals surface area (Å²) in [5.41, 5.74) is 0.633. The molecule has 0 bridgehead atoms. The number of rotatable bonds is 8. The minimum Gasteiger partial charge on any atom is -0.368 e. The number of Topliss-reactive ketones (excluding diaryl/α,β-unsaturated/α-hetero) is 1. The first-order valence-corrected chi connectivity index (χ1v) is 6.83. The zero-order valence-electron chi connectivity index (χ0n) is 11.7. The maximum atomic E-state index is 12.2. The molecule has 0 aromatic heterocycles. The first kappa shape index (κ1) is 14.9. The summed E-state index contributed by atoms with van der Waals surface area (Å²) in [5, 5.41) is 0. The number of benzene rings is 1. The fourth-order valence-electron chi connectivity index (χ4n) is 2.13. The van der Waals surface area contributed by atoms with Crippen molar-refractivity contribution in [1.82, 2.24) is 0 Å². The van der Waals surface area contributed by atoms with Gasteiger partial charge in [-0.15, -0.1) is 0 Å². The molecule has 0 heterocycles. The highest BCUT2D eigenvalue weighted by Crippen LogP contribution is 2.22. The van der Waals surface area contributed by atoms with E-state index in [1.807, 2.05) is 39.0 Å². The number of ether oxygens (including phenoxy) is 1. The Morgan fingerprint density at radius 3 is 2.44 bits per heavy atom. The molecule has 0 spiro atoms. The number of aryl methyl sites for hydroxylation is 1. The van der Waals surface area contributed by atoms with Crippen molar-refractivity contribution in [1.29, 1.82) is 0 Å². The average molecular weight is 248 g/mol. The van der Waals surface area contributed by atoms with E-state index in [0.717, 1.165) is 19.3 Å². The summed E-state index contributed by atoms with van der Waals surface area (Å²) in [7, 11) is 0. The molecule has 2 nitrogen and oxygen atoms in total. The van der Waals surface area contributed by atoms with Crippen LogP contribution in [0.4, 0.5) is 0 Å². The van der Waals surface area contributed by atoms with Gasteiger partial charge in [0.2, 0.25) is 0 Å². The van der Waals surface area contributed by atoms with Crippen molar-refractivity contribution in [2.75, 3.05) is 6.61 Å². The van der Waals surface area contributed by atoms with Crippen LogP contribution in [-0.2, 0) is 16.0 Å². The second kappa shape index (κ2) is 7.32. The van der Waals surface area contributed by atoms with Crippen LogP contribution in [0.1, 0.15) is 45.6 Å². The number of carbonyl (C=O) groups is 1. The molecule has 0 aliphatic rings. The second-order valence-corrected chi connectivity index (χ2v) is 4.82. The molecule has 100 valence electrons. The molecule has 1 aromatic rings. The van der Waals surface area contributed by atoms with Crippen molar-refractivity contribution < 1.29 is 9.53 Å². The van der Waals surface area contributed by atoms with Crippen molar-refractivity contribution in [2.45, 2.75) is 52.1 Å². The summed E-state index contributed by atoms with van der Waals surface area (Å²) < 4.78 is 5.72. The van der Waals surface area contributed by atoms with E-state index in [1.165, 1.54) is 5.56 Å². The van der Waals surface area contributed by atoms with Crippen molar-refractivity contribution in [3.63, 3.8) is 0 Å². The molecule has 0 N–H and O–H groups in total. The van der Waals surface area contributed by atoms with E-state index >= 15 is 0 Å². The Labute approximate surface area is 110 Å². The first-order chi connectivity index (χ1) is 8.62. The van der Waals surface area contributed by atoms with Gasteiger partial charge >= 0.3 is 0 Å². The monoisotopic (exact) mass is 248 g/mol. The Kier molecular flexibility index (Phi) is 6.06. The van der Waals surface area contributed by atoms with Crippen molar-refractivity contribution >= 4 is 5.78 Å². The fourth-order valence-corrected chi connectivity index (χ4v) is 2.13. The number of hydrogen-bond donors (Lipinski definition) is 0. The molecule has 0 aliphatic heterocycles. The predicted molar refractivity (Wildman–Crippen MR) is 74.7 cm³/mol. The van der Waals surface area contributed by atoms with Crippen LogP contribution in [0, 0.1) is 0 Å². The molecular formula is C16H24O2. The Hall–Kier alpha value is -1.15. The summed E-state index contributed by atoms with van der Waals surface area (Å²) in [4.78, 5) is 12.2. The molecule has 0 amide bonds. The molecule has 1 aromatic carbocycles. The molecule has 0 radical (unpaired) electrons. The SMILES string of the molecule is CCCC(=O)C(C)(CCc1ccccc1)OCC. The lowest BCUT2D eigenvalue weighted by Crippen LogP contribution is -2.39. The number of ketones is 1. The maximum Gasteiger partial charge on any atom is 0.164 e. The maximum absolute atomic E-state index is 12.2. The van der Waals surface area contributed by atoms with Gasteiger partial charge in [0.25, 0.3) is 0 Å². The van der Waals surface area contributed by atoms with Gasteiger partial charge in [-0.2, -0.15) is 0 Å². The smallest absolute Gasteiger partial charge is 0.164 e. The summed E-state index contributed by atoms with van der Waals surface area (Å²) in [6, 6.07) is 10.3. The minimum atomic E-state index is -0.624. The van der Waals surface area contributed by atoms with E-state index < -0.39 is 5.60 Å². The highest BCUT2D eigenvalue weighted by Gasteiger charge is 2.32. The zero-order valence-corrected chi connectivity index (χ0v) is 11.7. The Morgan fingerprint density at radius 1 is 1.22 bits per heavy atom. The van der Waals surface area contributed by atoms with Gasteiger partial charge in [0, 0.05) is 13.0 Å². The van der Waals surface area contributed by atoms with Crippen LogP contribution in [0.2, 0.25) is 0 Å². The molecule has 1 unspecified atom stereocenters. The average Bonchev–Trinajstić information content (AvgIpc) is 2.38. The van der Waals surface area contributed by atoms with Crippen LogP contribution in [0.25, 0.3) is 0 Å². The zero-order chi connectivity index (χ0) is 13.4. The van der Waals surface area contributed by atoms with E-state index in [0.29, 0.717) is 13.0 Å². The normalized spacial score (nSPS) is 14.2. The van der Waals surface area contributed by atoms with E-state index in [9.17, 15) is 4.79 Å². The highest BCUT2D eigenvalue weighted by molar-refractivity contribution is 5.86. The van der Waals surface area contributed by atoms with Gasteiger partial charge in [-0.05, 0) is 38.7 Å². The Morgan fingerprint density at radius 2 is 1.89 bits per heavy atom. The molecule has 18 heavy (non-hydrogen) atoms. The van der Waals surface area contributed by atoms with Crippen LogP contribution < -0.4 is 0 Å². The van der Waals surface area contributed by atoms with Gasteiger partial charge in [0.15, 0.2) is 5.78 Å². The quantitative estimate of drug-likeness (QED) is 0.699. The van der Waals surface area contributed by atoms with Crippen LogP contribution in [0.5, 0.6) is 0 Å². The summed E-state index contributed by atoms with van der Waals surface area (Å²) >= 11 is 0. The van der Waals surface area contributed by atoms with Crippen LogP contribution in [-0.4, -0.2) is 18.0 Å². The standard InChI is InChI=1S/C16H24O2/c1-4-9-15(17)16(3,18-5-2)13-12-14-10-7-6-8-11-14/h6-8,10-11H,4-5,9,12-13H2,1-3H3. The molecule has 0 aliphatic carbocycles. The van der Waals surface area contributed by atoms with Crippen LogP contribution in [0.15, 0.2) is 30.3 Å². The van der Waals surface area contributed by atoms with Crippen LogP contribution in [0.3, 0.4) is 0 Å². The highest BCUT2D eigenvalue weighted by atomic mass is 16.5.